The molecule has 5 rings (SSSR count). The molecule has 1 saturated heterocycles. The summed E-state index contributed by atoms with van der Waals surface area (Å²) in [7, 11) is 0. The van der Waals surface area contributed by atoms with Crippen molar-refractivity contribution in [3.05, 3.63) is 71.6 Å². The molecule has 8 heteroatoms. The monoisotopic (exact) mass is 461 g/mol. The summed E-state index contributed by atoms with van der Waals surface area (Å²) in [6, 6.07) is 11.9. The number of aryl methyl sites for hydroxylation is 1. The first kappa shape index (κ1) is 21.6. The van der Waals surface area contributed by atoms with Crippen LogP contribution in [0.1, 0.15) is 49.4 Å². The molecule has 0 saturated carbocycles. The minimum absolute atomic E-state index is 0.0480. The van der Waals surface area contributed by atoms with E-state index in [1.165, 1.54) is 0 Å². The van der Waals surface area contributed by atoms with Gasteiger partial charge in [0.15, 0.2) is 16.7 Å². The first-order chi connectivity index (χ1) is 15.9. The van der Waals surface area contributed by atoms with Crippen molar-refractivity contribution in [3.63, 3.8) is 0 Å². The van der Waals surface area contributed by atoms with Crippen LogP contribution in [0, 0.1) is 6.92 Å². The Morgan fingerprint density at radius 1 is 1.27 bits per heavy atom. The summed E-state index contributed by atoms with van der Waals surface area (Å²) in [5, 5.41) is 3.94. The Morgan fingerprint density at radius 2 is 2.09 bits per heavy atom. The average molecular weight is 462 g/mol. The van der Waals surface area contributed by atoms with Gasteiger partial charge in [-0.15, -0.1) is 0 Å². The van der Waals surface area contributed by atoms with Crippen molar-refractivity contribution in [2.75, 3.05) is 11.4 Å². The highest BCUT2D eigenvalue weighted by atomic mass is 32.1. The lowest BCUT2D eigenvalue weighted by atomic mass is 9.83. The molecule has 1 atom stereocenters. The van der Waals surface area contributed by atoms with E-state index in [-0.39, 0.29) is 17.4 Å². The maximum atomic E-state index is 13.0. The number of thiazole rings is 1. The minimum Gasteiger partial charge on any atom is -0.449 e. The van der Waals surface area contributed by atoms with E-state index in [1.54, 1.807) is 17.6 Å². The van der Waals surface area contributed by atoms with Crippen LogP contribution in [0.4, 0.5) is 5.13 Å². The van der Waals surface area contributed by atoms with Gasteiger partial charge in [-0.1, -0.05) is 41.7 Å². The summed E-state index contributed by atoms with van der Waals surface area (Å²) in [4.78, 5) is 29.0. The molecule has 3 aromatic heterocycles. The number of aromatic nitrogens is 3. The second kappa shape index (κ2) is 8.59. The standard InChI is InChI=1S/C25H27N5O2S/c1-16-28-21(15-32-16)25(2,3)18-12-20-22(26-14-18)29-24(33-20)30-11-7-10-19(30)23(31)27-13-17-8-5-4-6-9-17/h4-6,8-9,12,14-15,19H,7,10-11,13H2,1-3H3,(H,27,31)/t19-/m1/s1. The Morgan fingerprint density at radius 3 is 2.85 bits per heavy atom. The smallest absolute Gasteiger partial charge is 0.243 e. The Bertz CT molecular complexity index is 1280. The van der Waals surface area contributed by atoms with Gasteiger partial charge in [0.05, 0.1) is 10.4 Å². The van der Waals surface area contributed by atoms with E-state index in [9.17, 15) is 4.79 Å². The number of fused-ring (bicyclic) bond motifs is 1. The third-order valence-corrected chi connectivity index (χ3v) is 7.36. The normalized spacial score (nSPS) is 16.5. The number of hydrogen-bond donors (Lipinski definition) is 1. The van der Waals surface area contributed by atoms with Gasteiger partial charge < -0.3 is 14.6 Å². The fraction of sp³-hybridized carbons (Fsp3) is 0.360. The van der Waals surface area contributed by atoms with Crippen LogP contribution in [0.25, 0.3) is 10.3 Å². The number of nitrogens with one attached hydrogen (secondary N) is 1. The van der Waals surface area contributed by atoms with Crippen LogP contribution in [0.15, 0.2) is 53.3 Å². The molecule has 0 unspecified atom stereocenters. The molecule has 1 fully saturated rings. The van der Waals surface area contributed by atoms with Crippen molar-refractivity contribution in [3.8, 4) is 0 Å². The lowest BCUT2D eigenvalue weighted by Crippen LogP contribution is -2.43. The number of anilines is 1. The molecular weight excluding hydrogens is 434 g/mol. The first-order valence-electron chi connectivity index (χ1n) is 11.2. The molecule has 170 valence electrons. The molecule has 0 radical (unpaired) electrons. The second-order valence-electron chi connectivity index (χ2n) is 8.97. The van der Waals surface area contributed by atoms with E-state index in [2.05, 4.69) is 40.1 Å². The Kier molecular flexibility index (Phi) is 5.62. The zero-order valence-electron chi connectivity index (χ0n) is 19.0. The number of pyridine rings is 1. The van der Waals surface area contributed by atoms with E-state index in [1.807, 2.05) is 43.5 Å². The van der Waals surface area contributed by atoms with Crippen molar-refractivity contribution in [2.24, 2.45) is 0 Å². The maximum Gasteiger partial charge on any atom is 0.243 e. The van der Waals surface area contributed by atoms with Crippen LogP contribution in [0.3, 0.4) is 0 Å². The van der Waals surface area contributed by atoms with Crippen LogP contribution in [-0.4, -0.2) is 33.4 Å². The summed E-state index contributed by atoms with van der Waals surface area (Å²) < 4.78 is 6.43. The predicted molar refractivity (Wildman–Crippen MR) is 129 cm³/mol. The van der Waals surface area contributed by atoms with Gasteiger partial charge >= 0.3 is 0 Å². The zero-order chi connectivity index (χ0) is 23.0. The summed E-state index contributed by atoms with van der Waals surface area (Å²) in [5.41, 5.74) is 3.40. The van der Waals surface area contributed by atoms with Crippen LogP contribution < -0.4 is 10.2 Å². The van der Waals surface area contributed by atoms with Gasteiger partial charge in [0.25, 0.3) is 0 Å². The number of carbonyl (C=O) groups excluding carboxylic acids is 1. The van der Waals surface area contributed by atoms with Gasteiger partial charge in [0, 0.05) is 31.6 Å². The van der Waals surface area contributed by atoms with Gasteiger partial charge in [-0.2, -0.15) is 4.98 Å². The van der Waals surface area contributed by atoms with Crippen LogP contribution in [-0.2, 0) is 16.8 Å². The van der Waals surface area contributed by atoms with Gasteiger partial charge in [-0.3, -0.25) is 4.79 Å². The molecule has 7 nitrogen and oxygen atoms in total. The summed E-state index contributed by atoms with van der Waals surface area (Å²) in [6.45, 7) is 7.43. The topological polar surface area (TPSA) is 84.2 Å². The number of rotatable bonds is 6. The van der Waals surface area contributed by atoms with Crippen LogP contribution in [0.5, 0.6) is 0 Å². The lowest BCUT2D eigenvalue weighted by molar-refractivity contribution is -0.122. The molecule has 0 spiro atoms. The highest BCUT2D eigenvalue weighted by Gasteiger charge is 2.33. The van der Waals surface area contributed by atoms with Crippen molar-refractivity contribution in [1.82, 2.24) is 20.3 Å². The van der Waals surface area contributed by atoms with E-state index >= 15 is 0 Å². The third-order valence-electron chi connectivity index (χ3n) is 6.33. The number of carbonyl (C=O) groups is 1. The van der Waals surface area contributed by atoms with Gasteiger partial charge in [-0.25, -0.2) is 9.97 Å². The molecule has 0 aliphatic carbocycles. The molecular formula is C25H27N5O2S. The zero-order valence-corrected chi connectivity index (χ0v) is 19.9. The summed E-state index contributed by atoms with van der Waals surface area (Å²) in [6.07, 6.45) is 5.37. The number of nitrogens with zero attached hydrogens (tertiary/aromatic N) is 4. The van der Waals surface area contributed by atoms with E-state index in [0.29, 0.717) is 18.1 Å². The minimum atomic E-state index is -0.337. The largest absolute Gasteiger partial charge is 0.449 e. The van der Waals surface area contributed by atoms with E-state index in [0.717, 1.165) is 46.0 Å². The number of amides is 1. The van der Waals surface area contributed by atoms with Crippen molar-refractivity contribution in [1.29, 1.82) is 0 Å². The highest BCUT2D eigenvalue weighted by Crippen LogP contribution is 2.36. The van der Waals surface area contributed by atoms with Crippen molar-refractivity contribution >= 4 is 32.7 Å². The van der Waals surface area contributed by atoms with Crippen molar-refractivity contribution in [2.45, 2.75) is 51.6 Å². The summed E-state index contributed by atoms with van der Waals surface area (Å²) in [5.74, 6) is 0.699. The molecule has 33 heavy (non-hydrogen) atoms. The fourth-order valence-corrected chi connectivity index (χ4v) is 5.28. The first-order valence-corrected chi connectivity index (χ1v) is 12.0. The van der Waals surface area contributed by atoms with Crippen LogP contribution in [0.2, 0.25) is 0 Å². The maximum absolute atomic E-state index is 13.0. The quantitative estimate of drug-likeness (QED) is 0.452. The predicted octanol–water partition coefficient (Wildman–Crippen LogP) is 4.60. The van der Waals surface area contributed by atoms with E-state index < -0.39 is 0 Å². The molecule has 1 aromatic carbocycles. The van der Waals surface area contributed by atoms with Crippen molar-refractivity contribution < 1.29 is 9.21 Å². The lowest BCUT2D eigenvalue weighted by Gasteiger charge is -2.23. The van der Waals surface area contributed by atoms with Gasteiger partial charge in [-0.05, 0) is 43.9 Å². The Balaban J connectivity index is 1.36. The molecule has 1 amide bonds. The van der Waals surface area contributed by atoms with Crippen LogP contribution >= 0.6 is 11.3 Å². The average Bonchev–Trinajstić information content (AvgIpc) is 3.56. The van der Waals surface area contributed by atoms with E-state index in [4.69, 9.17) is 9.40 Å². The third kappa shape index (κ3) is 4.23. The molecule has 0 bridgehead atoms. The number of benzene rings is 1. The fourth-order valence-electron chi connectivity index (χ4n) is 4.24. The Hall–Kier alpha value is -3.26. The molecule has 1 N–H and O–H groups in total. The Labute approximate surface area is 196 Å². The summed E-state index contributed by atoms with van der Waals surface area (Å²) >= 11 is 1.59. The number of hydrogen-bond acceptors (Lipinski definition) is 7. The molecule has 4 aromatic rings. The van der Waals surface area contributed by atoms with Gasteiger partial charge in [0.1, 0.15) is 12.3 Å². The molecule has 4 heterocycles. The van der Waals surface area contributed by atoms with Gasteiger partial charge in [0.2, 0.25) is 5.91 Å². The molecule has 1 aliphatic rings. The SMILES string of the molecule is Cc1nc(C(C)(C)c2cnc3nc(N4CCC[C@@H]4C(=O)NCc4ccccc4)sc3c2)co1. The number of oxazole rings is 1. The molecule has 1 aliphatic heterocycles. The highest BCUT2D eigenvalue weighted by molar-refractivity contribution is 7.22. The second-order valence-corrected chi connectivity index (χ2v) is 9.98.